The number of nitrogen functional groups attached to an aromatic ring is 1. The molecule has 0 unspecified atom stereocenters. The summed E-state index contributed by atoms with van der Waals surface area (Å²) in [6.07, 6.45) is 0.875. The van der Waals surface area contributed by atoms with E-state index in [0.29, 0.717) is 44.1 Å². The molecule has 4 rings (SSSR count). The Kier molecular flexibility index (Phi) is 14.3. The molecule has 2 saturated heterocycles. The third kappa shape index (κ3) is 11.7. The Morgan fingerprint density at radius 3 is 2.26 bits per heavy atom. The van der Waals surface area contributed by atoms with Gasteiger partial charge >= 0.3 is 0 Å². The SMILES string of the molecule is Cc1nc(N)c(C(=O)CC(=N)CCCCCc2ccc(OCCN(C[C@@H]3O[C@H](C)OC[C@H]3O)C[C@@H]3O[C@H](C)OC[C@H]3O)cc2)nc1Cl. The van der Waals surface area contributed by atoms with Crippen molar-refractivity contribution >= 4 is 28.9 Å². The van der Waals surface area contributed by atoms with Crippen molar-refractivity contribution in [3.05, 3.63) is 46.4 Å². The van der Waals surface area contributed by atoms with Gasteiger partial charge in [-0.3, -0.25) is 9.69 Å². The van der Waals surface area contributed by atoms with Crippen LogP contribution >= 0.6 is 11.6 Å². The molecule has 13 nitrogen and oxygen atoms in total. The molecule has 2 aliphatic rings. The zero-order valence-electron chi connectivity index (χ0n) is 27.4. The normalized spacial score (nSPS) is 24.7. The second-order valence-electron chi connectivity index (χ2n) is 12.1. The Morgan fingerprint density at radius 2 is 1.64 bits per heavy atom. The number of halogens is 1. The molecule has 0 bridgehead atoms. The molecule has 1 aromatic heterocycles. The van der Waals surface area contributed by atoms with E-state index in [1.54, 1.807) is 20.8 Å². The largest absolute Gasteiger partial charge is 0.492 e. The molecule has 6 atom stereocenters. The molecule has 3 heterocycles. The number of hydrogen-bond donors (Lipinski definition) is 4. The van der Waals surface area contributed by atoms with Crippen LogP contribution in [0.5, 0.6) is 5.75 Å². The Bertz CT molecular complexity index is 1290. The summed E-state index contributed by atoms with van der Waals surface area (Å²) in [6, 6.07) is 8.00. The number of aliphatic hydroxyl groups is 2. The second kappa shape index (κ2) is 18.1. The number of ether oxygens (including phenoxy) is 5. The molecule has 1 aromatic carbocycles. The number of carbonyl (C=O) groups is 1. The number of rotatable bonds is 17. The van der Waals surface area contributed by atoms with Crippen molar-refractivity contribution in [2.45, 2.75) is 96.3 Å². The summed E-state index contributed by atoms with van der Waals surface area (Å²) in [5.41, 5.74) is 7.83. The quantitative estimate of drug-likeness (QED) is 0.109. The monoisotopic (exact) mass is 677 g/mol. The van der Waals surface area contributed by atoms with Crippen LogP contribution in [0.3, 0.4) is 0 Å². The van der Waals surface area contributed by atoms with E-state index in [1.165, 1.54) is 5.56 Å². The van der Waals surface area contributed by atoms with Crippen molar-refractivity contribution in [1.82, 2.24) is 14.9 Å². The van der Waals surface area contributed by atoms with Gasteiger partial charge in [-0.2, -0.15) is 0 Å². The van der Waals surface area contributed by atoms with E-state index >= 15 is 0 Å². The van der Waals surface area contributed by atoms with E-state index in [9.17, 15) is 15.0 Å². The van der Waals surface area contributed by atoms with Crippen LogP contribution in [0, 0.1) is 12.3 Å². The summed E-state index contributed by atoms with van der Waals surface area (Å²) >= 11 is 5.98. The van der Waals surface area contributed by atoms with Gasteiger partial charge in [0.15, 0.2) is 35.0 Å². The number of nitrogens with zero attached hydrogens (tertiary/aromatic N) is 3. The average Bonchev–Trinajstić information content (AvgIpc) is 3.03. The molecule has 0 radical (unpaired) electrons. The van der Waals surface area contributed by atoms with E-state index in [2.05, 4.69) is 14.9 Å². The van der Waals surface area contributed by atoms with Crippen molar-refractivity contribution in [1.29, 1.82) is 5.41 Å². The van der Waals surface area contributed by atoms with Crippen LogP contribution in [-0.2, 0) is 25.4 Å². The summed E-state index contributed by atoms with van der Waals surface area (Å²) in [4.78, 5) is 22.7. The number of aryl methyl sites for hydroxylation is 2. The number of unbranched alkanes of at least 4 members (excludes halogenated alkanes) is 2. The summed E-state index contributed by atoms with van der Waals surface area (Å²) in [6.45, 7) is 7.47. The summed E-state index contributed by atoms with van der Waals surface area (Å²) in [5.74, 6) is 0.440. The first-order valence-corrected chi connectivity index (χ1v) is 16.6. The fourth-order valence-electron chi connectivity index (χ4n) is 5.51. The van der Waals surface area contributed by atoms with Crippen molar-refractivity contribution in [2.75, 3.05) is 45.2 Å². The van der Waals surface area contributed by atoms with Gasteiger partial charge in [0.05, 0.1) is 25.3 Å². The standard InChI is InChI=1S/C33H48ClN5O8/c1-20-32(34)38-31(33(36)37-20)26(40)15-24(35)8-6-4-5-7-23-9-11-25(12-10-23)43-14-13-39(16-29-27(41)18-44-21(2)46-29)17-30-28(42)19-45-22(3)47-30/h9-12,21-22,27-30,35,41-42H,4-8,13-19H2,1-3H3,(H2,36,37)/t21-,22-,27-,28-,29+,30+/m1/s1. The lowest BCUT2D eigenvalue weighted by molar-refractivity contribution is -0.257. The van der Waals surface area contributed by atoms with Gasteiger partial charge in [0, 0.05) is 25.3 Å². The molecule has 260 valence electrons. The van der Waals surface area contributed by atoms with Gasteiger partial charge in [0.1, 0.15) is 36.8 Å². The number of aliphatic hydroxyl groups excluding tert-OH is 2. The number of anilines is 1. The predicted octanol–water partition coefficient (Wildman–Crippen LogP) is 3.34. The maximum absolute atomic E-state index is 12.5. The molecular weight excluding hydrogens is 630 g/mol. The van der Waals surface area contributed by atoms with Crippen LogP contribution in [0.15, 0.2) is 24.3 Å². The number of ketones is 1. The minimum atomic E-state index is -0.752. The smallest absolute Gasteiger partial charge is 0.190 e. The summed E-state index contributed by atoms with van der Waals surface area (Å²) < 4.78 is 28.5. The number of aromatic nitrogens is 2. The average molecular weight is 678 g/mol. The van der Waals surface area contributed by atoms with Crippen LogP contribution in [-0.4, -0.2) is 113 Å². The van der Waals surface area contributed by atoms with Crippen LogP contribution in [0.1, 0.15) is 67.7 Å². The van der Waals surface area contributed by atoms with Crippen molar-refractivity contribution in [3.63, 3.8) is 0 Å². The fraction of sp³-hybridized carbons (Fsp3) is 0.636. The second-order valence-corrected chi connectivity index (χ2v) is 12.5. The van der Waals surface area contributed by atoms with E-state index < -0.39 is 37.0 Å². The van der Waals surface area contributed by atoms with Gasteiger partial charge in [-0.05, 0) is 64.2 Å². The minimum Gasteiger partial charge on any atom is -0.492 e. The number of nitrogens with two attached hydrogens (primary N) is 1. The molecule has 5 N–H and O–H groups in total. The first-order valence-electron chi connectivity index (χ1n) is 16.2. The summed E-state index contributed by atoms with van der Waals surface area (Å²) in [7, 11) is 0. The van der Waals surface area contributed by atoms with Crippen LogP contribution in [0.25, 0.3) is 0 Å². The van der Waals surface area contributed by atoms with E-state index in [0.717, 1.165) is 31.4 Å². The van der Waals surface area contributed by atoms with Crippen molar-refractivity contribution < 1.29 is 38.7 Å². The molecular formula is C33H48ClN5O8. The molecule has 0 amide bonds. The van der Waals surface area contributed by atoms with Gasteiger partial charge in [-0.1, -0.05) is 30.2 Å². The highest BCUT2D eigenvalue weighted by Crippen LogP contribution is 2.20. The lowest BCUT2D eigenvalue weighted by atomic mass is 10.0. The fourth-order valence-corrected chi connectivity index (χ4v) is 5.63. The van der Waals surface area contributed by atoms with Gasteiger partial charge in [-0.15, -0.1) is 0 Å². The third-order valence-electron chi connectivity index (χ3n) is 8.19. The van der Waals surface area contributed by atoms with Crippen molar-refractivity contribution in [3.8, 4) is 5.75 Å². The molecule has 2 aliphatic heterocycles. The zero-order chi connectivity index (χ0) is 33.9. The molecule has 47 heavy (non-hydrogen) atoms. The minimum absolute atomic E-state index is 0.0215. The first-order chi connectivity index (χ1) is 22.5. The van der Waals surface area contributed by atoms with Crippen LogP contribution in [0.4, 0.5) is 5.82 Å². The molecule has 2 fully saturated rings. The topological polar surface area (TPSA) is 183 Å². The van der Waals surface area contributed by atoms with Gasteiger partial charge < -0.3 is 45.0 Å². The summed E-state index contributed by atoms with van der Waals surface area (Å²) in [5, 5.41) is 29.2. The highest BCUT2D eigenvalue weighted by atomic mass is 35.5. The van der Waals surface area contributed by atoms with Gasteiger partial charge in [0.25, 0.3) is 0 Å². The Morgan fingerprint density at radius 1 is 1.02 bits per heavy atom. The molecule has 2 aromatic rings. The number of hydrogen-bond acceptors (Lipinski definition) is 13. The number of nitrogens with one attached hydrogen (secondary N) is 1. The maximum atomic E-state index is 12.5. The van der Waals surface area contributed by atoms with E-state index in [-0.39, 0.29) is 42.1 Å². The molecule has 0 spiro atoms. The van der Waals surface area contributed by atoms with E-state index in [1.807, 2.05) is 24.3 Å². The third-order valence-corrected chi connectivity index (χ3v) is 8.55. The molecule has 14 heteroatoms. The zero-order valence-corrected chi connectivity index (χ0v) is 28.2. The highest BCUT2D eigenvalue weighted by Gasteiger charge is 2.34. The van der Waals surface area contributed by atoms with Crippen LogP contribution < -0.4 is 10.5 Å². The Balaban J connectivity index is 1.17. The number of Topliss-reactive ketones (excluding diaryl/α,β-unsaturated/α-hetero) is 1. The number of carbonyl (C=O) groups excluding carboxylic acids is 1. The van der Waals surface area contributed by atoms with Gasteiger partial charge in [0.2, 0.25) is 0 Å². The maximum Gasteiger partial charge on any atom is 0.190 e. The lowest BCUT2D eigenvalue weighted by Gasteiger charge is -2.39. The highest BCUT2D eigenvalue weighted by molar-refractivity contribution is 6.30. The first kappa shape index (κ1) is 37.1. The number of benzene rings is 1. The van der Waals surface area contributed by atoms with Gasteiger partial charge in [-0.25, -0.2) is 9.97 Å². The van der Waals surface area contributed by atoms with E-state index in [4.69, 9.17) is 46.4 Å². The lowest BCUT2D eigenvalue weighted by Crippen LogP contribution is -2.54. The Hall–Kier alpha value is -2.75. The Labute approximate surface area is 281 Å². The molecule has 0 saturated carbocycles. The predicted molar refractivity (Wildman–Crippen MR) is 176 cm³/mol. The molecule has 0 aliphatic carbocycles. The van der Waals surface area contributed by atoms with Crippen molar-refractivity contribution in [2.24, 2.45) is 0 Å². The van der Waals surface area contributed by atoms with Crippen LogP contribution in [0.2, 0.25) is 5.15 Å².